The number of esters is 1. The van der Waals surface area contributed by atoms with Crippen molar-refractivity contribution in [3.8, 4) is 0 Å². The zero-order chi connectivity index (χ0) is 18.9. The molecule has 26 heavy (non-hydrogen) atoms. The Morgan fingerprint density at radius 3 is 2.50 bits per heavy atom. The first-order valence-electron chi connectivity index (χ1n) is 8.68. The second kappa shape index (κ2) is 9.73. The van der Waals surface area contributed by atoms with E-state index in [0.29, 0.717) is 23.8 Å². The summed E-state index contributed by atoms with van der Waals surface area (Å²) in [5.74, 6) is -0.428. The standard InChI is InChI=1S/C21H25NO4/c1-4-15(2)17-8-10-19(11-9-17)22-20(23)14-26-21(24)18-7-5-6-16(12-18)13-25-3/h5-12,15H,4,13-14H2,1-3H3,(H,22,23)/t15-/m0/s1. The number of methoxy groups -OCH3 is 1. The first-order valence-corrected chi connectivity index (χ1v) is 8.68. The molecule has 2 aromatic rings. The minimum absolute atomic E-state index is 0.333. The van der Waals surface area contributed by atoms with Gasteiger partial charge in [-0.3, -0.25) is 4.79 Å². The van der Waals surface area contributed by atoms with Crippen LogP contribution >= 0.6 is 0 Å². The Kier molecular flexibility index (Phi) is 7.36. The summed E-state index contributed by atoms with van der Waals surface area (Å²) in [7, 11) is 1.59. The van der Waals surface area contributed by atoms with Crippen LogP contribution in [-0.4, -0.2) is 25.6 Å². The van der Waals surface area contributed by atoms with E-state index >= 15 is 0 Å². The molecule has 0 fully saturated rings. The van der Waals surface area contributed by atoms with Crippen LogP contribution in [0.3, 0.4) is 0 Å². The lowest BCUT2D eigenvalue weighted by Gasteiger charge is -2.11. The van der Waals surface area contributed by atoms with Gasteiger partial charge in [-0.1, -0.05) is 38.1 Å². The molecule has 0 unspecified atom stereocenters. The summed E-state index contributed by atoms with van der Waals surface area (Å²) in [5, 5.41) is 2.73. The number of hydrogen-bond acceptors (Lipinski definition) is 4. The third kappa shape index (κ3) is 5.70. The van der Waals surface area contributed by atoms with E-state index in [0.717, 1.165) is 12.0 Å². The van der Waals surface area contributed by atoms with Gasteiger partial charge in [-0.2, -0.15) is 0 Å². The minimum atomic E-state index is -0.537. The van der Waals surface area contributed by atoms with Gasteiger partial charge in [0.2, 0.25) is 0 Å². The third-order valence-corrected chi connectivity index (χ3v) is 4.18. The Bertz CT molecular complexity index is 740. The highest BCUT2D eigenvalue weighted by Crippen LogP contribution is 2.20. The fraction of sp³-hybridized carbons (Fsp3) is 0.333. The Labute approximate surface area is 154 Å². The molecule has 5 nitrogen and oxygen atoms in total. The maximum atomic E-state index is 12.1. The molecule has 0 saturated carbocycles. The van der Waals surface area contributed by atoms with Gasteiger partial charge < -0.3 is 14.8 Å². The second-order valence-electron chi connectivity index (χ2n) is 6.19. The van der Waals surface area contributed by atoms with Crippen LogP contribution in [0.15, 0.2) is 48.5 Å². The summed E-state index contributed by atoms with van der Waals surface area (Å²) in [4.78, 5) is 24.1. The minimum Gasteiger partial charge on any atom is -0.452 e. The number of benzene rings is 2. The van der Waals surface area contributed by atoms with Gasteiger partial charge in [0.1, 0.15) is 0 Å². The molecular weight excluding hydrogens is 330 g/mol. The van der Waals surface area contributed by atoms with Gasteiger partial charge in [-0.05, 0) is 47.7 Å². The molecule has 0 heterocycles. The molecule has 0 radical (unpaired) electrons. The first kappa shape index (κ1) is 19.7. The largest absolute Gasteiger partial charge is 0.452 e. The predicted molar refractivity (Wildman–Crippen MR) is 101 cm³/mol. The van der Waals surface area contributed by atoms with E-state index in [9.17, 15) is 9.59 Å². The monoisotopic (exact) mass is 355 g/mol. The van der Waals surface area contributed by atoms with Gasteiger partial charge in [0.05, 0.1) is 12.2 Å². The van der Waals surface area contributed by atoms with Crippen molar-refractivity contribution in [2.45, 2.75) is 32.8 Å². The van der Waals surface area contributed by atoms with Crippen molar-refractivity contribution in [1.29, 1.82) is 0 Å². The van der Waals surface area contributed by atoms with E-state index in [1.807, 2.05) is 30.3 Å². The van der Waals surface area contributed by atoms with Crippen LogP contribution in [0.5, 0.6) is 0 Å². The molecule has 0 spiro atoms. The van der Waals surface area contributed by atoms with Crippen molar-refractivity contribution in [2.24, 2.45) is 0 Å². The Morgan fingerprint density at radius 2 is 1.85 bits per heavy atom. The maximum Gasteiger partial charge on any atom is 0.338 e. The van der Waals surface area contributed by atoms with Gasteiger partial charge in [0, 0.05) is 12.8 Å². The van der Waals surface area contributed by atoms with Gasteiger partial charge >= 0.3 is 5.97 Å². The van der Waals surface area contributed by atoms with Crippen LogP contribution < -0.4 is 5.32 Å². The Morgan fingerprint density at radius 1 is 1.12 bits per heavy atom. The highest BCUT2D eigenvalue weighted by atomic mass is 16.5. The number of carbonyl (C=O) groups is 2. The highest BCUT2D eigenvalue weighted by molar-refractivity contribution is 5.95. The third-order valence-electron chi connectivity index (χ3n) is 4.18. The average molecular weight is 355 g/mol. The van der Waals surface area contributed by atoms with E-state index < -0.39 is 5.97 Å². The van der Waals surface area contributed by atoms with Gasteiger partial charge in [-0.15, -0.1) is 0 Å². The summed E-state index contributed by atoms with van der Waals surface area (Å²) >= 11 is 0. The van der Waals surface area contributed by atoms with Gasteiger partial charge in [0.15, 0.2) is 6.61 Å². The number of anilines is 1. The summed E-state index contributed by atoms with van der Waals surface area (Å²) in [6.45, 7) is 4.38. The molecule has 2 rings (SSSR count). The fourth-order valence-corrected chi connectivity index (χ4v) is 2.50. The average Bonchev–Trinajstić information content (AvgIpc) is 2.66. The van der Waals surface area contributed by atoms with Gasteiger partial charge in [-0.25, -0.2) is 4.79 Å². The van der Waals surface area contributed by atoms with E-state index in [1.54, 1.807) is 25.3 Å². The van der Waals surface area contributed by atoms with Gasteiger partial charge in [0.25, 0.3) is 5.91 Å². The molecule has 1 atom stereocenters. The van der Waals surface area contributed by atoms with Crippen LogP contribution in [0.1, 0.15) is 47.7 Å². The predicted octanol–water partition coefficient (Wildman–Crippen LogP) is 4.14. The number of ether oxygens (including phenoxy) is 2. The summed E-state index contributed by atoms with van der Waals surface area (Å²) in [6, 6.07) is 14.7. The molecule has 1 amide bonds. The van der Waals surface area contributed by atoms with Crippen molar-refractivity contribution in [2.75, 3.05) is 19.0 Å². The lowest BCUT2D eigenvalue weighted by Crippen LogP contribution is -2.21. The number of carbonyl (C=O) groups excluding carboxylic acids is 2. The van der Waals surface area contributed by atoms with Crippen molar-refractivity contribution >= 4 is 17.6 Å². The fourth-order valence-electron chi connectivity index (χ4n) is 2.50. The van der Waals surface area contributed by atoms with Crippen molar-refractivity contribution in [3.63, 3.8) is 0 Å². The maximum absolute atomic E-state index is 12.1. The second-order valence-corrected chi connectivity index (χ2v) is 6.19. The number of hydrogen-bond donors (Lipinski definition) is 1. The molecule has 0 aliphatic heterocycles. The number of nitrogens with one attached hydrogen (secondary N) is 1. The SMILES string of the molecule is CC[C@H](C)c1ccc(NC(=O)COC(=O)c2cccc(COC)c2)cc1. The van der Waals surface area contributed by atoms with Crippen molar-refractivity contribution in [1.82, 2.24) is 0 Å². The van der Waals surface area contributed by atoms with Crippen LogP contribution in [-0.2, 0) is 20.9 Å². The zero-order valence-electron chi connectivity index (χ0n) is 15.5. The summed E-state index contributed by atoms with van der Waals surface area (Å²) < 4.78 is 10.1. The van der Waals surface area contributed by atoms with E-state index in [4.69, 9.17) is 9.47 Å². The lowest BCUT2D eigenvalue weighted by atomic mass is 9.99. The van der Waals surface area contributed by atoms with Crippen LogP contribution in [0.4, 0.5) is 5.69 Å². The van der Waals surface area contributed by atoms with Crippen LogP contribution in [0, 0.1) is 0 Å². The summed E-state index contributed by atoms with van der Waals surface area (Å²) in [5.41, 5.74) is 3.17. The molecule has 0 saturated heterocycles. The molecule has 0 bridgehead atoms. The molecular formula is C21H25NO4. The van der Waals surface area contributed by atoms with E-state index in [-0.39, 0.29) is 12.5 Å². The number of amides is 1. The van der Waals surface area contributed by atoms with Crippen LogP contribution in [0.2, 0.25) is 0 Å². The van der Waals surface area contributed by atoms with E-state index in [2.05, 4.69) is 19.2 Å². The van der Waals surface area contributed by atoms with E-state index in [1.165, 1.54) is 5.56 Å². The lowest BCUT2D eigenvalue weighted by molar-refractivity contribution is -0.119. The van der Waals surface area contributed by atoms with Crippen molar-refractivity contribution < 1.29 is 19.1 Å². The summed E-state index contributed by atoms with van der Waals surface area (Å²) in [6.07, 6.45) is 1.06. The molecule has 0 aliphatic rings. The molecule has 5 heteroatoms. The van der Waals surface area contributed by atoms with Crippen molar-refractivity contribution in [3.05, 3.63) is 65.2 Å². The molecule has 1 N–H and O–H groups in total. The first-order chi connectivity index (χ1) is 12.5. The molecule has 2 aromatic carbocycles. The van der Waals surface area contributed by atoms with Crippen LogP contribution in [0.25, 0.3) is 0 Å². The Balaban J connectivity index is 1.86. The smallest absolute Gasteiger partial charge is 0.338 e. The quantitative estimate of drug-likeness (QED) is 0.723. The molecule has 0 aromatic heterocycles. The number of rotatable bonds is 8. The zero-order valence-corrected chi connectivity index (χ0v) is 15.5. The molecule has 0 aliphatic carbocycles. The normalized spacial score (nSPS) is 11.7. The Hall–Kier alpha value is -2.66. The highest BCUT2D eigenvalue weighted by Gasteiger charge is 2.11. The topological polar surface area (TPSA) is 64.6 Å². The molecule has 138 valence electrons.